The molecule has 3 N–H and O–H groups in total. The maximum absolute atomic E-state index is 4.56. The summed E-state index contributed by atoms with van der Waals surface area (Å²) in [7, 11) is 3.61. The zero-order valence-corrected chi connectivity index (χ0v) is 12.2. The van der Waals surface area contributed by atoms with Crippen LogP contribution in [0, 0.1) is 0 Å². The molecular formula is C11H26N4S. The molecule has 0 radical (unpaired) electrons. The van der Waals surface area contributed by atoms with E-state index in [1.54, 1.807) is 12.5 Å². The normalized spacial score (nSPS) is 11.0. The van der Waals surface area contributed by atoms with E-state index in [0.29, 0.717) is 0 Å². The quantitative estimate of drug-likeness (QED) is 0.401. The van der Waals surface area contributed by atoms with Gasteiger partial charge in [-0.1, -0.05) is 19.1 Å². The van der Waals surface area contributed by atoms with Gasteiger partial charge in [-0.2, -0.15) is 0 Å². The lowest BCUT2D eigenvalue weighted by atomic mass is 10.1. The number of hydrogen-bond acceptors (Lipinski definition) is 2. The second kappa shape index (κ2) is 10.7. The molecule has 0 aromatic heterocycles. The monoisotopic (exact) mass is 246 g/mol. The first kappa shape index (κ1) is 17.6. The van der Waals surface area contributed by atoms with E-state index in [1.165, 1.54) is 0 Å². The molecule has 0 heterocycles. The van der Waals surface area contributed by atoms with Gasteiger partial charge in [0.15, 0.2) is 5.96 Å². The minimum atomic E-state index is 0.141. The van der Waals surface area contributed by atoms with Gasteiger partial charge in [-0.05, 0) is 27.2 Å². The first-order valence-electron chi connectivity index (χ1n) is 5.51. The van der Waals surface area contributed by atoms with E-state index in [1.807, 2.05) is 7.05 Å². The van der Waals surface area contributed by atoms with Crippen molar-refractivity contribution in [2.24, 2.45) is 4.99 Å². The van der Waals surface area contributed by atoms with Gasteiger partial charge in [0, 0.05) is 26.2 Å². The summed E-state index contributed by atoms with van der Waals surface area (Å²) in [5.74, 6) is 0.858. The Kier molecular flexibility index (Phi) is 11.7. The van der Waals surface area contributed by atoms with Gasteiger partial charge in [0.1, 0.15) is 0 Å². The topological polar surface area (TPSA) is 48.5 Å². The molecular weight excluding hydrogens is 220 g/mol. The molecule has 16 heavy (non-hydrogen) atoms. The van der Waals surface area contributed by atoms with Crippen LogP contribution < -0.4 is 16.0 Å². The fourth-order valence-corrected chi connectivity index (χ4v) is 1.05. The lowest BCUT2D eigenvalue weighted by molar-refractivity contribution is 0.520. The molecule has 0 saturated carbocycles. The Balaban J connectivity index is 0. The molecule has 0 aliphatic heterocycles. The fourth-order valence-electron chi connectivity index (χ4n) is 0.699. The number of nitrogens with one attached hydrogen (secondary N) is 3. The van der Waals surface area contributed by atoms with E-state index < -0.39 is 0 Å². The Morgan fingerprint density at radius 3 is 2.12 bits per heavy atom. The van der Waals surface area contributed by atoms with Crippen molar-refractivity contribution < 1.29 is 0 Å². The summed E-state index contributed by atoms with van der Waals surface area (Å²) in [6.07, 6.45) is 1.13. The predicted octanol–water partition coefficient (Wildman–Crippen LogP) is 1.52. The Morgan fingerprint density at radius 1 is 1.38 bits per heavy atom. The van der Waals surface area contributed by atoms with E-state index in [-0.39, 0.29) is 5.54 Å². The summed E-state index contributed by atoms with van der Waals surface area (Å²) in [5.41, 5.74) is 1.68. The highest BCUT2D eigenvalue weighted by atomic mass is 32.1. The second-order valence-corrected chi connectivity index (χ2v) is 4.50. The summed E-state index contributed by atoms with van der Waals surface area (Å²) in [5, 5.41) is 9.01. The number of aliphatic imine (C=N–C) groups is 1. The van der Waals surface area contributed by atoms with Gasteiger partial charge in [-0.3, -0.25) is 4.99 Å². The zero-order valence-electron chi connectivity index (χ0n) is 11.3. The van der Waals surface area contributed by atoms with Gasteiger partial charge < -0.3 is 16.0 Å². The van der Waals surface area contributed by atoms with Gasteiger partial charge >= 0.3 is 0 Å². The molecule has 0 fully saturated rings. The maximum atomic E-state index is 4.56. The summed E-state index contributed by atoms with van der Waals surface area (Å²) < 4.78 is 0. The number of hydrogen-bond donors (Lipinski definition) is 3. The maximum Gasteiger partial charge on any atom is 0.190 e. The number of nitrogens with zero attached hydrogens (tertiary/aromatic N) is 1. The molecule has 0 aromatic rings. The molecule has 4 nitrogen and oxygen atoms in total. The van der Waals surface area contributed by atoms with Crippen molar-refractivity contribution in [3.63, 3.8) is 0 Å². The Bertz CT molecular complexity index is 197. The highest BCUT2D eigenvalue weighted by molar-refractivity contribution is 7.78. The number of thiocarbonyl (C=S) groups is 1. The van der Waals surface area contributed by atoms with Crippen molar-refractivity contribution in [1.82, 2.24) is 16.0 Å². The van der Waals surface area contributed by atoms with E-state index >= 15 is 0 Å². The third kappa shape index (κ3) is 15.6. The van der Waals surface area contributed by atoms with Crippen molar-refractivity contribution in [1.29, 1.82) is 0 Å². The lowest BCUT2D eigenvalue weighted by Crippen LogP contribution is -2.34. The van der Waals surface area contributed by atoms with Crippen LogP contribution in [0.4, 0.5) is 0 Å². The molecule has 0 bridgehead atoms. The molecule has 0 saturated heterocycles. The molecule has 0 aliphatic carbocycles. The Morgan fingerprint density at radius 2 is 1.94 bits per heavy atom. The van der Waals surface area contributed by atoms with Crippen LogP contribution in [0.3, 0.4) is 0 Å². The molecule has 0 amide bonds. The Hall–Kier alpha value is -0.840. The molecule has 0 aromatic carbocycles. The average Bonchev–Trinajstić information content (AvgIpc) is 2.19. The Labute approximate surface area is 105 Å². The van der Waals surface area contributed by atoms with Crippen LogP contribution in [0.2, 0.25) is 0 Å². The molecule has 0 atom stereocenters. The largest absolute Gasteiger partial charge is 0.378 e. The van der Waals surface area contributed by atoms with Crippen LogP contribution in [-0.2, 0) is 0 Å². The lowest BCUT2D eigenvalue weighted by Gasteiger charge is -2.16. The van der Waals surface area contributed by atoms with Crippen molar-refractivity contribution in [2.45, 2.75) is 39.7 Å². The smallest absolute Gasteiger partial charge is 0.190 e. The summed E-state index contributed by atoms with van der Waals surface area (Å²) in [6.45, 7) is 9.30. The molecule has 0 spiro atoms. The standard InChI is InChI=1S/C6H15N3.C5H11NS/c1-4-5-9-6(7-2)8-3;1-5(2,3)6-4-7/h4-5H2,1-3H3,(H2,7,8,9);4H,1-3H3,(H,6,7). The van der Waals surface area contributed by atoms with Crippen LogP contribution in [0.5, 0.6) is 0 Å². The minimum absolute atomic E-state index is 0.141. The van der Waals surface area contributed by atoms with E-state index in [9.17, 15) is 0 Å². The molecule has 96 valence electrons. The number of guanidine groups is 1. The van der Waals surface area contributed by atoms with Gasteiger partial charge in [0.2, 0.25) is 0 Å². The molecule has 0 rings (SSSR count). The summed E-state index contributed by atoms with van der Waals surface area (Å²) in [4.78, 5) is 3.94. The van der Waals surface area contributed by atoms with E-state index in [4.69, 9.17) is 0 Å². The predicted molar refractivity (Wildman–Crippen MR) is 77.3 cm³/mol. The molecule has 0 aliphatic rings. The average molecular weight is 246 g/mol. The van der Waals surface area contributed by atoms with Crippen LogP contribution in [0.15, 0.2) is 4.99 Å². The van der Waals surface area contributed by atoms with Crippen LogP contribution in [0.1, 0.15) is 34.1 Å². The third-order valence-corrected chi connectivity index (χ3v) is 1.61. The van der Waals surface area contributed by atoms with Gasteiger partial charge in [0.05, 0.1) is 5.49 Å². The van der Waals surface area contributed by atoms with Crippen LogP contribution >= 0.6 is 12.2 Å². The zero-order chi connectivity index (χ0) is 13.0. The van der Waals surface area contributed by atoms with Gasteiger partial charge in [-0.25, -0.2) is 0 Å². The van der Waals surface area contributed by atoms with Crippen molar-refractivity contribution >= 4 is 23.7 Å². The van der Waals surface area contributed by atoms with Crippen molar-refractivity contribution in [3.05, 3.63) is 0 Å². The van der Waals surface area contributed by atoms with Gasteiger partial charge in [0.25, 0.3) is 0 Å². The molecule has 5 heteroatoms. The minimum Gasteiger partial charge on any atom is -0.378 e. The summed E-state index contributed by atoms with van der Waals surface area (Å²) >= 11 is 4.56. The first-order chi connectivity index (χ1) is 7.41. The summed E-state index contributed by atoms with van der Waals surface area (Å²) in [6, 6.07) is 0. The van der Waals surface area contributed by atoms with Gasteiger partial charge in [-0.15, -0.1) is 0 Å². The van der Waals surface area contributed by atoms with Crippen molar-refractivity contribution in [2.75, 3.05) is 20.6 Å². The highest BCUT2D eigenvalue weighted by Gasteiger charge is 2.03. The SMILES string of the molecule is CC(C)(C)NC=S.CCCNC(=NC)NC. The molecule has 0 unspecified atom stereocenters. The third-order valence-electron chi connectivity index (χ3n) is 1.49. The fraction of sp³-hybridized carbons (Fsp3) is 0.818. The van der Waals surface area contributed by atoms with E-state index in [2.05, 4.69) is 60.9 Å². The van der Waals surface area contributed by atoms with Crippen molar-refractivity contribution in [3.8, 4) is 0 Å². The van der Waals surface area contributed by atoms with Crippen LogP contribution in [-0.4, -0.2) is 37.6 Å². The first-order valence-corrected chi connectivity index (χ1v) is 5.98. The number of rotatable bonds is 3. The highest BCUT2D eigenvalue weighted by Crippen LogP contribution is 1.94. The van der Waals surface area contributed by atoms with Crippen LogP contribution in [0.25, 0.3) is 0 Å². The van der Waals surface area contributed by atoms with E-state index in [0.717, 1.165) is 18.9 Å². The second-order valence-electron chi connectivity index (χ2n) is 4.26.